The van der Waals surface area contributed by atoms with E-state index in [0.717, 1.165) is 23.9 Å². The van der Waals surface area contributed by atoms with Gasteiger partial charge in [0.05, 0.1) is 22.6 Å². The summed E-state index contributed by atoms with van der Waals surface area (Å²) in [6, 6.07) is 13.5. The van der Waals surface area contributed by atoms with Gasteiger partial charge in [0.2, 0.25) is 0 Å². The Kier molecular flexibility index (Phi) is 6.59. The molecule has 0 aliphatic carbocycles. The Morgan fingerprint density at radius 1 is 1.03 bits per heavy atom. The van der Waals surface area contributed by atoms with Crippen molar-refractivity contribution in [3.63, 3.8) is 0 Å². The van der Waals surface area contributed by atoms with Crippen LogP contribution in [0.15, 0.2) is 84.2 Å². The first-order valence-electron chi connectivity index (χ1n) is 9.22. The summed E-state index contributed by atoms with van der Waals surface area (Å²) in [5.41, 5.74) is -0.393. The van der Waals surface area contributed by atoms with E-state index >= 15 is 0 Å². The van der Waals surface area contributed by atoms with Crippen LogP contribution in [0.5, 0.6) is 0 Å². The van der Waals surface area contributed by atoms with Gasteiger partial charge in [0.15, 0.2) is 0 Å². The second kappa shape index (κ2) is 9.34. The van der Waals surface area contributed by atoms with Gasteiger partial charge in [-0.05, 0) is 23.3 Å². The Morgan fingerprint density at radius 3 is 2.42 bits per heavy atom. The van der Waals surface area contributed by atoms with Gasteiger partial charge < -0.3 is 15.2 Å². The molecule has 2 aromatic carbocycles. The standard InChI is InChI=1S/C23H18F3NO4/c24-23(25,26)17-10-4-9-16(12-17)20-18(21(28)29)13-27-14-19(20)22(30)31-11-5-8-15-6-2-1-3-7-15/h1-10,12-14,20,27H,11H2,(H,28,29)/b8-5+. The van der Waals surface area contributed by atoms with Crippen molar-refractivity contribution in [1.82, 2.24) is 5.32 Å². The summed E-state index contributed by atoms with van der Waals surface area (Å²) in [6.07, 6.45) is 1.12. The van der Waals surface area contributed by atoms with Crippen LogP contribution < -0.4 is 5.32 Å². The molecule has 160 valence electrons. The molecular weight excluding hydrogens is 411 g/mol. The molecule has 0 fully saturated rings. The van der Waals surface area contributed by atoms with Gasteiger partial charge in [-0.2, -0.15) is 13.2 Å². The minimum absolute atomic E-state index is 0.0213. The Balaban J connectivity index is 1.82. The summed E-state index contributed by atoms with van der Waals surface area (Å²) in [6.45, 7) is -0.0908. The number of benzene rings is 2. The summed E-state index contributed by atoms with van der Waals surface area (Å²) in [7, 11) is 0. The lowest BCUT2D eigenvalue weighted by Crippen LogP contribution is -2.26. The van der Waals surface area contributed by atoms with Gasteiger partial charge in [0.25, 0.3) is 0 Å². The molecule has 0 amide bonds. The number of hydrogen-bond acceptors (Lipinski definition) is 4. The summed E-state index contributed by atoms with van der Waals surface area (Å²) >= 11 is 0. The van der Waals surface area contributed by atoms with Crippen molar-refractivity contribution in [2.24, 2.45) is 0 Å². The minimum Gasteiger partial charge on any atom is -0.478 e. The zero-order valence-corrected chi connectivity index (χ0v) is 16.1. The van der Waals surface area contributed by atoms with E-state index in [2.05, 4.69) is 5.32 Å². The number of nitrogens with one attached hydrogen (secondary N) is 1. The molecule has 2 N–H and O–H groups in total. The number of halogens is 3. The third kappa shape index (κ3) is 5.42. The number of ether oxygens (including phenoxy) is 1. The lowest BCUT2D eigenvalue weighted by molar-refractivity contribution is -0.138. The van der Waals surface area contributed by atoms with E-state index in [9.17, 15) is 27.9 Å². The SMILES string of the molecule is O=C(O)C1=CNC=C(C(=O)OC/C=C/c2ccccc2)C1c1cccc(C(F)(F)F)c1. The van der Waals surface area contributed by atoms with Crippen LogP contribution in [-0.2, 0) is 20.5 Å². The minimum atomic E-state index is -4.61. The van der Waals surface area contributed by atoms with E-state index in [0.29, 0.717) is 0 Å². The Labute approximate surface area is 176 Å². The van der Waals surface area contributed by atoms with Crippen LogP contribution in [0, 0.1) is 0 Å². The van der Waals surface area contributed by atoms with Gasteiger partial charge in [-0.25, -0.2) is 9.59 Å². The fraction of sp³-hybridized carbons (Fsp3) is 0.130. The molecular formula is C23H18F3NO4. The number of carbonyl (C=O) groups is 2. The number of rotatable bonds is 6. The van der Waals surface area contributed by atoms with Crippen molar-refractivity contribution in [3.05, 3.63) is 101 Å². The van der Waals surface area contributed by atoms with Crippen molar-refractivity contribution in [1.29, 1.82) is 0 Å². The average Bonchev–Trinajstić information content (AvgIpc) is 2.76. The van der Waals surface area contributed by atoms with Gasteiger partial charge >= 0.3 is 18.1 Å². The number of hydrogen-bond donors (Lipinski definition) is 2. The second-order valence-electron chi connectivity index (χ2n) is 6.64. The fourth-order valence-electron chi connectivity index (χ4n) is 3.13. The predicted molar refractivity (Wildman–Crippen MR) is 108 cm³/mol. The van der Waals surface area contributed by atoms with Crippen molar-refractivity contribution in [2.75, 3.05) is 6.61 Å². The molecule has 5 nitrogen and oxygen atoms in total. The number of dihydropyridines is 1. The number of esters is 1. The van der Waals surface area contributed by atoms with Crippen LogP contribution in [0.1, 0.15) is 22.6 Å². The Morgan fingerprint density at radius 2 is 1.74 bits per heavy atom. The van der Waals surface area contributed by atoms with Gasteiger partial charge in [-0.3, -0.25) is 0 Å². The van der Waals surface area contributed by atoms with Gasteiger partial charge in [-0.15, -0.1) is 0 Å². The fourth-order valence-corrected chi connectivity index (χ4v) is 3.13. The highest BCUT2D eigenvalue weighted by Gasteiger charge is 2.36. The molecule has 1 aliphatic rings. The highest BCUT2D eigenvalue weighted by Crippen LogP contribution is 2.37. The molecule has 1 aliphatic heterocycles. The van der Waals surface area contributed by atoms with Crippen LogP contribution in [0.3, 0.4) is 0 Å². The van der Waals surface area contributed by atoms with E-state index in [1.165, 1.54) is 18.3 Å². The highest BCUT2D eigenvalue weighted by molar-refractivity contribution is 5.98. The van der Waals surface area contributed by atoms with Crippen molar-refractivity contribution < 1.29 is 32.6 Å². The van der Waals surface area contributed by atoms with E-state index < -0.39 is 29.6 Å². The molecule has 2 aromatic rings. The third-order valence-electron chi connectivity index (χ3n) is 4.55. The average molecular weight is 429 g/mol. The molecule has 0 aromatic heterocycles. The first kappa shape index (κ1) is 21.9. The summed E-state index contributed by atoms with van der Waals surface area (Å²) < 4.78 is 44.6. The normalized spacial score (nSPS) is 16.3. The maximum atomic E-state index is 13.1. The van der Waals surface area contributed by atoms with Gasteiger partial charge in [0, 0.05) is 12.4 Å². The van der Waals surface area contributed by atoms with Crippen LogP contribution in [0.25, 0.3) is 6.08 Å². The molecule has 1 heterocycles. The monoisotopic (exact) mass is 429 g/mol. The predicted octanol–water partition coefficient (Wildman–Crippen LogP) is 4.50. The van der Waals surface area contributed by atoms with Gasteiger partial charge in [-0.1, -0.05) is 54.6 Å². The highest BCUT2D eigenvalue weighted by atomic mass is 19.4. The molecule has 8 heteroatoms. The quantitative estimate of drug-likeness (QED) is 0.662. The maximum absolute atomic E-state index is 13.1. The smallest absolute Gasteiger partial charge is 0.416 e. The topological polar surface area (TPSA) is 75.6 Å². The molecule has 0 saturated heterocycles. The summed E-state index contributed by atoms with van der Waals surface area (Å²) in [5, 5.41) is 12.1. The van der Waals surface area contributed by atoms with E-state index in [-0.39, 0.29) is 23.3 Å². The van der Waals surface area contributed by atoms with E-state index in [4.69, 9.17) is 4.74 Å². The first-order valence-corrected chi connectivity index (χ1v) is 9.22. The number of carbonyl (C=O) groups excluding carboxylic acids is 1. The van der Waals surface area contributed by atoms with Crippen molar-refractivity contribution in [2.45, 2.75) is 12.1 Å². The van der Waals surface area contributed by atoms with Crippen LogP contribution in [0.4, 0.5) is 13.2 Å². The maximum Gasteiger partial charge on any atom is 0.416 e. The molecule has 0 bridgehead atoms. The van der Waals surface area contributed by atoms with Crippen LogP contribution in [-0.4, -0.2) is 23.7 Å². The summed E-state index contributed by atoms with van der Waals surface area (Å²) in [5.74, 6) is -3.41. The zero-order chi connectivity index (χ0) is 22.4. The van der Waals surface area contributed by atoms with Gasteiger partial charge in [0.1, 0.15) is 6.61 Å². The molecule has 1 unspecified atom stereocenters. The zero-order valence-electron chi connectivity index (χ0n) is 16.1. The number of aliphatic carboxylic acids is 1. The third-order valence-corrected chi connectivity index (χ3v) is 4.55. The van der Waals surface area contributed by atoms with Crippen molar-refractivity contribution in [3.8, 4) is 0 Å². The van der Waals surface area contributed by atoms with E-state index in [1.54, 1.807) is 12.2 Å². The molecule has 0 radical (unpaired) electrons. The van der Waals surface area contributed by atoms with Crippen LogP contribution in [0.2, 0.25) is 0 Å². The molecule has 31 heavy (non-hydrogen) atoms. The molecule has 3 rings (SSSR count). The van der Waals surface area contributed by atoms with Crippen molar-refractivity contribution >= 4 is 18.0 Å². The Bertz CT molecular complexity index is 1060. The largest absolute Gasteiger partial charge is 0.478 e. The summed E-state index contributed by atoms with van der Waals surface area (Å²) in [4.78, 5) is 24.3. The van der Waals surface area contributed by atoms with E-state index in [1.807, 2.05) is 30.3 Å². The number of carboxylic acid groups (broad SMARTS) is 1. The first-order chi connectivity index (χ1) is 14.8. The molecule has 0 saturated carbocycles. The molecule has 1 atom stereocenters. The van der Waals surface area contributed by atoms with Crippen LogP contribution >= 0.6 is 0 Å². The number of carboxylic acids is 1. The molecule has 0 spiro atoms. The number of alkyl halides is 3. The lowest BCUT2D eigenvalue weighted by Gasteiger charge is -2.24. The Hall–Kier alpha value is -3.81. The second-order valence-corrected chi connectivity index (χ2v) is 6.64. The lowest BCUT2D eigenvalue weighted by atomic mass is 9.83.